The van der Waals surface area contributed by atoms with Crippen LogP contribution in [0.3, 0.4) is 0 Å². The first-order valence-electron chi connectivity index (χ1n) is 13.0. The van der Waals surface area contributed by atoms with Crippen molar-refractivity contribution in [2.24, 2.45) is 11.8 Å². The zero-order valence-corrected chi connectivity index (χ0v) is 24.2. The van der Waals surface area contributed by atoms with E-state index in [2.05, 4.69) is 26.6 Å². The molecule has 38 heavy (non-hydrogen) atoms. The number of alkyl halides is 1. The van der Waals surface area contributed by atoms with Crippen LogP contribution in [0.5, 0.6) is 0 Å². The molecule has 2 bridgehead atoms. The van der Waals surface area contributed by atoms with Crippen molar-refractivity contribution in [3.05, 3.63) is 66.2 Å². The Morgan fingerprint density at radius 1 is 1.11 bits per heavy atom. The van der Waals surface area contributed by atoms with Gasteiger partial charge in [0.1, 0.15) is 6.04 Å². The molecule has 3 fully saturated rings. The van der Waals surface area contributed by atoms with Crippen LogP contribution in [-0.2, 0) is 20.8 Å². The smallest absolute Gasteiger partial charge is 0.244 e. The van der Waals surface area contributed by atoms with Crippen LogP contribution in [0.1, 0.15) is 32.8 Å². The number of likely N-dealkylation sites (tertiary alicyclic amines) is 1. The summed E-state index contributed by atoms with van der Waals surface area (Å²) in [6.45, 7) is 5.46. The standard InChI is InChI=1S/C29H34BrN3O4S/c1-28(2,3)32-26(36)24-29-15-20(30)23(38-29)21(25(35)31-18-12-8-5-9-13-18)22(29)27(37)33(24)19(16-34)14-17-10-6-4-7-11-17/h4-13,19-24,34H,14-16H2,1-3H3,(H,31,35)(H,32,36)/t19-,20?,21-,22+,23-,24?,29?/m1/s1. The topological polar surface area (TPSA) is 98.7 Å². The molecule has 9 heteroatoms. The predicted octanol–water partition coefficient (Wildman–Crippen LogP) is 3.61. The van der Waals surface area contributed by atoms with E-state index in [0.717, 1.165) is 5.56 Å². The van der Waals surface area contributed by atoms with Crippen molar-refractivity contribution in [1.82, 2.24) is 10.2 Å². The summed E-state index contributed by atoms with van der Waals surface area (Å²) in [5.74, 6) is -1.93. The fourth-order valence-electron chi connectivity index (χ4n) is 6.38. The van der Waals surface area contributed by atoms with E-state index >= 15 is 0 Å². The minimum absolute atomic E-state index is 0.0188. The number of aliphatic hydroxyl groups is 1. The number of fused-ring (bicyclic) bond motifs is 1. The van der Waals surface area contributed by atoms with Gasteiger partial charge in [0.25, 0.3) is 0 Å². The molecule has 0 aliphatic carbocycles. The molecule has 1 spiro atoms. The van der Waals surface area contributed by atoms with Crippen LogP contribution < -0.4 is 10.6 Å². The molecule has 0 radical (unpaired) electrons. The number of aliphatic hydroxyl groups excluding tert-OH is 1. The molecule has 2 aromatic rings. The fourth-order valence-corrected chi connectivity index (χ4v) is 9.98. The van der Waals surface area contributed by atoms with Crippen molar-refractivity contribution in [2.45, 2.75) is 66.1 Å². The molecule has 7 nitrogen and oxygen atoms in total. The molecule has 0 saturated carbocycles. The maximum absolute atomic E-state index is 14.3. The van der Waals surface area contributed by atoms with Gasteiger partial charge in [-0.1, -0.05) is 64.5 Å². The third-order valence-electron chi connectivity index (χ3n) is 7.74. The molecule has 202 valence electrons. The van der Waals surface area contributed by atoms with Crippen LogP contribution >= 0.6 is 27.7 Å². The molecular formula is C29H34BrN3O4S. The fraction of sp³-hybridized carbons (Fsp3) is 0.483. The molecule has 3 N–H and O–H groups in total. The number of hydrogen-bond acceptors (Lipinski definition) is 5. The zero-order chi connectivity index (χ0) is 27.2. The first-order chi connectivity index (χ1) is 18.1. The van der Waals surface area contributed by atoms with Crippen molar-refractivity contribution in [3.63, 3.8) is 0 Å². The van der Waals surface area contributed by atoms with E-state index in [9.17, 15) is 19.5 Å². The Morgan fingerprint density at radius 2 is 1.74 bits per heavy atom. The van der Waals surface area contributed by atoms with Crippen molar-refractivity contribution in [1.29, 1.82) is 0 Å². The van der Waals surface area contributed by atoms with Gasteiger partial charge in [-0.3, -0.25) is 14.4 Å². The summed E-state index contributed by atoms with van der Waals surface area (Å²) in [7, 11) is 0. The summed E-state index contributed by atoms with van der Waals surface area (Å²) >= 11 is 5.39. The average Bonchev–Trinajstić information content (AvgIpc) is 3.46. The Labute approximate surface area is 236 Å². The van der Waals surface area contributed by atoms with Gasteiger partial charge in [0.2, 0.25) is 17.7 Å². The lowest BCUT2D eigenvalue weighted by Crippen LogP contribution is -2.59. The number of carbonyl (C=O) groups is 3. The lowest BCUT2D eigenvalue weighted by molar-refractivity contribution is -0.142. The first kappa shape index (κ1) is 27.2. The van der Waals surface area contributed by atoms with Gasteiger partial charge in [0.15, 0.2) is 0 Å². The third kappa shape index (κ3) is 4.77. The SMILES string of the molecule is CC(C)(C)NC(=O)C1N([C@@H](CO)Cc2ccccc2)C(=O)[C@@H]2[C@@H](C(=O)Nc3ccccc3)[C@@H]3SC12CC3Br. The number of benzene rings is 2. The normalized spacial score (nSPS) is 30.7. The second-order valence-corrected chi connectivity index (χ2v) is 14.2. The van der Waals surface area contributed by atoms with Crippen molar-refractivity contribution >= 4 is 51.1 Å². The van der Waals surface area contributed by atoms with Gasteiger partial charge < -0.3 is 20.6 Å². The third-order valence-corrected chi connectivity index (χ3v) is 11.0. The quantitative estimate of drug-likeness (QED) is 0.422. The summed E-state index contributed by atoms with van der Waals surface area (Å²) in [6, 6.07) is 17.5. The van der Waals surface area contributed by atoms with Crippen molar-refractivity contribution in [3.8, 4) is 0 Å². The van der Waals surface area contributed by atoms with Crippen LogP contribution in [0.2, 0.25) is 0 Å². The van der Waals surface area contributed by atoms with E-state index in [-0.39, 0.29) is 34.4 Å². The second-order valence-electron chi connectivity index (χ2n) is 11.5. The van der Waals surface area contributed by atoms with Crippen LogP contribution in [-0.4, -0.2) is 66.8 Å². The second kappa shape index (κ2) is 10.3. The number of rotatable bonds is 7. The van der Waals surface area contributed by atoms with E-state index in [1.165, 1.54) is 0 Å². The number of nitrogens with one attached hydrogen (secondary N) is 2. The minimum atomic E-state index is -0.801. The Balaban J connectivity index is 1.54. The van der Waals surface area contributed by atoms with E-state index in [0.29, 0.717) is 18.5 Å². The number of nitrogens with zero attached hydrogens (tertiary/aromatic N) is 1. The van der Waals surface area contributed by atoms with E-state index in [4.69, 9.17) is 0 Å². The van der Waals surface area contributed by atoms with Crippen LogP contribution in [0.15, 0.2) is 60.7 Å². The van der Waals surface area contributed by atoms with Crippen LogP contribution in [0.4, 0.5) is 5.69 Å². The Hall–Kier alpha value is -2.36. The largest absolute Gasteiger partial charge is 0.394 e. The molecule has 5 rings (SSSR count). The maximum atomic E-state index is 14.3. The minimum Gasteiger partial charge on any atom is -0.394 e. The average molecular weight is 601 g/mol. The number of hydrogen-bond donors (Lipinski definition) is 3. The number of para-hydroxylation sites is 1. The molecular weight excluding hydrogens is 566 g/mol. The summed E-state index contributed by atoms with van der Waals surface area (Å²) in [4.78, 5) is 43.6. The number of carbonyl (C=O) groups excluding carboxylic acids is 3. The Morgan fingerprint density at radius 3 is 2.34 bits per heavy atom. The summed E-state index contributed by atoms with van der Waals surface area (Å²) in [5, 5.41) is 16.5. The lowest BCUT2D eigenvalue weighted by atomic mass is 9.70. The van der Waals surface area contributed by atoms with Crippen molar-refractivity contribution in [2.75, 3.05) is 11.9 Å². The molecule has 3 aliphatic heterocycles. The summed E-state index contributed by atoms with van der Waals surface area (Å²) in [5.41, 5.74) is 1.14. The molecule has 3 unspecified atom stereocenters. The highest BCUT2D eigenvalue weighted by Gasteiger charge is 2.76. The lowest BCUT2D eigenvalue weighted by Gasteiger charge is -2.39. The number of thioether (sulfide) groups is 1. The van der Waals surface area contributed by atoms with Gasteiger partial charge in [-0.15, -0.1) is 11.8 Å². The number of halogens is 1. The first-order valence-corrected chi connectivity index (χ1v) is 14.8. The molecule has 0 aromatic heterocycles. The monoisotopic (exact) mass is 599 g/mol. The van der Waals surface area contributed by atoms with Gasteiger partial charge in [0, 0.05) is 21.3 Å². The highest BCUT2D eigenvalue weighted by molar-refractivity contribution is 9.09. The summed E-state index contributed by atoms with van der Waals surface area (Å²) in [6.07, 6.45) is 1.01. The van der Waals surface area contributed by atoms with Gasteiger partial charge >= 0.3 is 0 Å². The van der Waals surface area contributed by atoms with Crippen molar-refractivity contribution < 1.29 is 19.5 Å². The van der Waals surface area contributed by atoms with Gasteiger partial charge in [-0.05, 0) is 51.3 Å². The highest BCUT2D eigenvalue weighted by Crippen LogP contribution is 2.68. The number of anilines is 1. The van der Waals surface area contributed by atoms with E-state index in [1.54, 1.807) is 16.7 Å². The highest BCUT2D eigenvalue weighted by atomic mass is 79.9. The molecule has 3 heterocycles. The number of amides is 3. The maximum Gasteiger partial charge on any atom is 0.244 e. The van der Waals surface area contributed by atoms with Crippen LogP contribution in [0, 0.1) is 11.8 Å². The molecule has 3 aliphatic rings. The van der Waals surface area contributed by atoms with E-state index < -0.39 is 34.2 Å². The predicted molar refractivity (Wildman–Crippen MR) is 153 cm³/mol. The zero-order valence-electron chi connectivity index (χ0n) is 21.8. The molecule has 7 atom stereocenters. The molecule has 3 amide bonds. The van der Waals surface area contributed by atoms with E-state index in [1.807, 2.05) is 81.4 Å². The Bertz CT molecular complexity index is 1210. The molecule has 2 aromatic carbocycles. The van der Waals surface area contributed by atoms with Gasteiger partial charge in [-0.25, -0.2) is 0 Å². The van der Waals surface area contributed by atoms with Gasteiger partial charge in [-0.2, -0.15) is 0 Å². The summed E-state index contributed by atoms with van der Waals surface area (Å²) < 4.78 is -0.770. The Kier molecular flexibility index (Phi) is 7.39. The van der Waals surface area contributed by atoms with Crippen LogP contribution in [0.25, 0.3) is 0 Å². The van der Waals surface area contributed by atoms with Gasteiger partial charge in [0.05, 0.1) is 29.2 Å². The molecule has 3 saturated heterocycles.